The minimum absolute atomic E-state index is 0.0748. The van der Waals surface area contributed by atoms with E-state index in [1.165, 1.54) is 6.92 Å². The molecule has 1 aromatic carbocycles. The van der Waals surface area contributed by atoms with Crippen molar-refractivity contribution >= 4 is 11.9 Å². The van der Waals surface area contributed by atoms with Crippen LogP contribution in [0.3, 0.4) is 0 Å². The molecule has 0 spiro atoms. The van der Waals surface area contributed by atoms with Crippen LogP contribution >= 0.6 is 0 Å². The van der Waals surface area contributed by atoms with Gasteiger partial charge in [-0.05, 0) is 18.1 Å². The number of halogens is 3. The van der Waals surface area contributed by atoms with E-state index in [9.17, 15) is 27.9 Å². The number of benzene rings is 1. The number of hydrogen-bond donors (Lipinski definition) is 2. The van der Waals surface area contributed by atoms with Crippen molar-refractivity contribution < 1.29 is 37.3 Å². The van der Waals surface area contributed by atoms with Gasteiger partial charge in [-0.25, -0.2) is 4.79 Å². The van der Waals surface area contributed by atoms with E-state index >= 15 is 0 Å². The minimum Gasteiger partial charge on any atom is -0.459 e. The SMILES string of the molecule is CC(=O)OCc1[nH]c(C(=O)OCc2ccccc2)c(C)c1[C@H](O)C(F)(F)F. The molecule has 0 saturated carbocycles. The molecule has 27 heavy (non-hydrogen) atoms. The van der Waals surface area contributed by atoms with Crippen LogP contribution in [0, 0.1) is 6.92 Å². The summed E-state index contributed by atoms with van der Waals surface area (Å²) in [5.41, 5.74) is -0.452. The highest BCUT2D eigenvalue weighted by Gasteiger charge is 2.43. The lowest BCUT2D eigenvalue weighted by Gasteiger charge is -2.16. The van der Waals surface area contributed by atoms with E-state index in [1.54, 1.807) is 30.3 Å². The number of carbonyl (C=O) groups is 2. The number of carbonyl (C=O) groups excluding carboxylic acids is 2. The van der Waals surface area contributed by atoms with Gasteiger partial charge in [0.2, 0.25) is 0 Å². The first-order valence-corrected chi connectivity index (χ1v) is 7.91. The Morgan fingerprint density at radius 1 is 1.15 bits per heavy atom. The lowest BCUT2D eigenvalue weighted by Crippen LogP contribution is -2.22. The maximum atomic E-state index is 13.0. The summed E-state index contributed by atoms with van der Waals surface area (Å²) in [6.07, 6.45) is -7.79. The molecule has 0 amide bonds. The van der Waals surface area contributed by atoms with Gasteiger partial charge in [0.1, 0.15) is 18.9 Å². The first kappa shape index (κ1) is 20.5. The lowest BCUT2D eigenvalue weighted by molar-refractivity contribution is -0.207. The summed E-state index contributed by atoms with van der Waals surface area (Å²) < 4.78 is 48.8. The second-order valence-corrected chi connectivity index (χ2v) is 5.80. The van der Waals surface area contributed by atoms with Gasteiger partial charge in [-0.2, -0.15) is 13.2 Å². The molecule has 0 aliphatic heterocycles. The second-order valence-electron chi connectivity index (χ2n) is 5.80. The third-order valence-electron chi connectivity index (χ3n) is 3.80. The zero-order valence-electron chi connectivity index (χ0n) is 14.6. The summed E-state index contributed by atoms with van der Waals surface area (Å²) in [4.78, 5) is 25.7. The van der Waals surface area contributed by atoms with E-state index in [0.717, 1.165) is 6.92 Å². The van der Waals surface area contributed by atoms with E-state index in [4.69, 9.17) is 9.47 Å². The molecule has 0 bridgehead atoms. The molecule has 0 fully saturated rings. The van der Waals surface area contributed by atoms with Crippen LogP contribution in [-0.4, -0.2) is 28.2 Å². The lowest BCUT2D eigenvalue weighted by atomic mass is 10.0. The Bertz CT molecular complexity index is 814. The van der Waals surface area contributed by atoms with Crippen molar-refractivity contribution in [1.82, 2.24) is 4.98 Å². The number of esters is 2. The minimum atomic E-state index is -4.96. The summed E-state index contributed by atoms with van der Waals surface area (Å²) in [7, 11) is 0. The highest BCUT2D eigenvalue weighted by Crippen LogP contribution is 2.37. The van der Waals surface area contributed by atoms with Crippen molar-refractivity contribution in [3.8, 4) is 0 Å². The standard InChI is InChI=1S/C18H18F3NO5/c1-10-14(16(24)18(19,20)21)13(9-26-11(2)23)22-15(10)17(25)27-8-12-6-4-3-5-7-12/h3-7,16,22,24H,8-9H2,1-2H3/t16-/m0/s1. The van der Waals surface area contributed by atoms with Crippen LogP contribution in [-0.2, 0) is 27.5 Å². The molecule has 6 nitrogen and oxygen atoms in total. The number of aromatic nitrogens is 1. The smallest absolute Gasteiger partial charge is 0.418 e. The topological polar surface area (TPSA) is 88.6 Å². The quantitative estimate of drug-likeness (QED) is 0.745. The fourth-order valence-corrected chi connectivity index (χ4v) is 2.49. The summed E-state index contributed by atoms with van der Waals surface area (Å²) >= 11 is 0. The van der Waals surface area contributed by atoms with Crippen molar-refractivity contribution in [2.75, 3.05) is 0 Å². The van der Waals surface area contributed by atoms with Crippen molar-refractivity contribution in [3.05, 3.63) is 58.4 Å². The Kier molecular flexibility index (Phi) is 6.27. The molecular weight excluding hydrogens is 367 g/mol. The average Bonchev–Trinajstić information content (AvgIpc) is 2.93. The Balaban J connectivity index is 2.30. The molecule has 0 aliphatic rings. The van der Waals surface area contributed by atoms with Gasteiger partial charge in [0.25, 0.3) is 0 Å². The van der Waals surface area contributed by atoms with Gasteiger partial charge < -0.3 is 19.6 Å². The monoisotopic (exact) mass is 385 g/mol. The highest BCUT2D eigenvalue weighted by atomic mass is 19.4. The number of alkyl halides is 3. The number of hydrogen-bond acceptors (Lipinski definition) is 5. The van der Waals surface area contributed by atoms with Crippen LogP contribution in [0.25, 0.3) is 0 Å². The summed E-state index contributed by atoms with van der Waals surface area (Å²) in [5.74, 6) is -1.61. The van der Waals surface area contributed by atoms with Crippen molar-refractivity contribution in [2.45, 2.75) is 39.3 Å². The van der Waals surface area contributed by atoms with Gasteiger partial charge in [-0.1, -0.05) is 30.3 Å². The summed E-state index contributed by atoms with van der Waals surface area (Å²) in [6, 6.07) is 8.72. The number of ether oxygens (including phenoxy) is 2. The maximum Gasteiger partial charge on any atom is 0.418 e. The van der Waals surface area contributed by atoms with Crippen LogP contribution < -0.4 is 0 Å². The normalized spacial score (nSPS) is 12.5. The van der Waals surface area contributed by atoms with Crippen molar-refractivity contribution in [2.24, 2.45) is 0 Å². The van der Waals surface area contributed by atoms with E-state index in [-0.39, 0.29) is 23.6 Å². The number of H-pyrrole nitrogens is 1. The van der Waals surface area contributed by atoms with E-state index < -0.39 is 36.4 Å². The fourth-order valence-electron chi connectivity index (χ4n) is 2.49. The molecule has 2 rings (SSSR count). The predicted octanol–water partition coefficient (Wildman–Crippen LogP) is 3.34. The van der Waals surface area contributed by atoms with Gasteiger partial charge in [0.15, 0.2) is 6.10 Å². The van der Waals surface area contributed by atoms with Gasteiger partial charge in [0, 0.05) is 12.5 Å². The van der Waals surface area contributed by atoms with Gasteiger partial charge in [-0.15, -0.1) is 0 Å². The molecule has 9 heteroatoms. The summed E-state index contributed by atoms with van der Waals surface area (Å²) in [6.45, 7) is 1.71. The highest BCUT2D eigenvalue weighted by molar-refractivity contribution is 5.90. The van der Waals surface area contributed by atoms with E-state index in [1.807, 2.05) is 0 Å². The number of nitrogens with one attached hydrogen (secondary N) is 1. The Hall–Kier alpha value is -2.81. The third kappa shape index (κ3) is 5.10. The van der Waals surface area contributed by atoms with E-state index in [2.05, 4.69) is 4.98 Å². The fraction of sp³-hybridized carbons (Fsp3) is 0.333. The Labute approximate surface area is 152 Å². The Morgan fingerprint density at radius 2 is 1.78 bits per heavy atom. The Morgan fingerprint density at radius 3 is 2.33 bits per heavy atom. The molecule has 0 radical (unpaired) electrons. The van der Waals surface area contributed by atoms with Gasteiger partial charge in [0.05, 0.1) is 5.69 Å². The van der Waals surface area contributed by atoms with Gasteiger partial charge >= 0.3 is 18.1 Å². The van der Waals surface area contributed by atoms with Crippen LogP contribution in [0.4, 0.5) is 13.2 Å². The predicted molar refractivity (Wildman–Crippen MR) is 87.6 cm³/mol. The van der Waals surface area contributed by atoms with Gasteiger partial charge in [-0.3, -0.25) is 4.79 Å². The maximum absolute atomic E-state index is 13.0. The average molecular weight is 385 g/mol. The first-order chi connectivity index (χ1) is 12.6. The van der Waals surface area contributed by atoms with Crippen molar-refractivity contribution in [1.29, 1.82) is 0 Å². The van der Waals surface area contributed by atoms with E-state index in [0.29, 0.717) is 5.56 Å². The number of aromatic amines is 1. The zero-order chi connectivity index (χ0) is 20.2. The molecule has 0 aliphatic carbocycles. The second kappa shape index (κ2) is 8.26. The molecular formula is C18H18F3NO5. The molecule has 2 N–H and O–H groups in total. The van der Waals surface area contributed by atoms with Crippen molar-refractivity contribution in [3.63, 3.8) is 0 Å². The molecule has 2 aromatic rings. The number of aliphatic hydroxyl groups excluding tert-OH is 1. The van der Waals surface area contributed by atoms with Crippen LogP contribution in [0.5, 0.6) is 0 Å². The number of aliphatic hydroxyl groups is 1. The third-order valence-corrected chi connectivity index (χ3v) is 3.80. The molecule has 146 valence electrons. The van der Waals surface area contributed by atoms with Crippen LogP contribution in [0.15, 0.2) is 30.3 Å². The number of rotatable bonds is 6. The summed E-state index contributed by atoms with van der Waals surface area (Å²) in [5, 5.41) is 9.65. The van der Waals surface area contributed by atoms with Crippen LogP contribution in [0.2, 0.25) is 0 Å². The molecule has 1 aromatic heterocycles. The molecule has 0 saturated heterocycles. The zero-order valence-corrected chi connectivity index (χ0v) is 14.6. The largest absolute Gasteiger partial charge is 0.459 e. The van der Waals surface area contributed by atoms with Crippen LogP contribution in [0.1, 0.15) is 45.9 Å². The molecule has 1 heterocycles. The first-order valence-electron chi connectivity index (χ1n) is 7.91. The molecule has 1 atom stereocenters. The molecule has 0 unspecified atom stereocenters.